The molecule has 2 aliphatic rings. The number of carboxylic acid groups (broad SMARTS) is 1. The second kappa shape index (κ2) is 7.49. The maximum atomic E-state index is 12.5. The molecule has 0 bridgehead atoms. The molecule has 1 atom stereocenters. The maximum absolute atomic E-state index is 12.5. The molecule has 0 aromatic rings. The molecule has 8 nitrogen and oxygen atoms in total. The van der Waals surface area contributed by atoms with Crippen molar-refractivity contribution in [3.05, 3.63) is 0 Å². The number of carbonyl (C=O) groups excluding carboxylic acids is 1. The molecule has 0 radical (unpaired) electrons. The fourth-order valence-electron chi connectivity index (χ4n) is 3.26. The third-order valence-electron chi connectivity index (χ3n) is 4.95. The lowest BCUT2D eigenvalue weighted by Gasteiger charge is -2.37. The summed E-state index contributed by atoms with van der Waals surface area (Å²) in [7, 11) is -3.34. The largest absolute Gasteiger partial charge is 0.481 e. The van der Waals surface area contributed by atoms with Crippen LogP contribution in [0.3, 0.4) is 0 Å². The van der Waals surface area contributed by atoms with Crippen LogP contribution in [0, 0.1) is 5.92 Å². The van der Waals surface area contributed by atoms with Gasteiger partial charge in [-0.3, -0.25) is 4.79 Å². The Hall–Kier alpha value is -1.35. The van der Waals surface area contributed by atoms with Gasteiger partial charge in [-0.2, -0.15) is 0 Å². The van der Waals surface area contributed by atoms with Crippen LogP contribution < -0.4 is 5.32 Å². The molecule has 0 aromatic heterocycles. The Bertz CT molecular complexity index is 606. The molecule has 0 aromatic carbocycles. The second-order valence-electron chi connectivity index (χ2n) is 7.86. The van der Waals surface area contributed by atoms with Gasteiger partial charge in [0.2, 0.25) is 10.0 Å². The molecule has 2 rings (SSSR count). The topological polar surface area (TPSA) is 107 Å². The highest BCUT2D eigenvalue weighted by molar-refractivity contribution is 7.90. The minimum absolute atomic E-state index is 0.0795. The fraction of sp³-hybridized carbons (Fsp3) is 0.875. The summed E-state index contributed by atoms with van der Waals surface area (Å²) in [4.78, 5) is 25.0. The number of piperidine rings is 2. The zero-order valence-corrected chi connectivity index (χ0v) is 16.0. The van der Waals surface area contributed by atoms with Crippen LogP contribution in [-0.2, 0) is 14.8 Å². The molecule has 2 saturated heterocycles. The molecular weight excluding hydrogens is 346 g/mol. The highest BCUT2D eigenvalue weighted by atomic mass is 32.2. The second-order valence-corrected chi connectivity index (χ2v) is 10.6. The Labute approximate surface area is 149 Å². The molecule has 9 heteroatoms. The number of carbonyl (C=O) groups is 2. The molecule has 144 valence electrons. The van der Waals surface area contributed by atoms with Crippen LogP contribution in [0.4, 0.5) is 4.79 Å². The van der Waals surface area contributed by atoms with E-state index in [9.17, 15) is 18.0 Å². The van der Waals surface area contributed by atoms with Crippen molar-refractivity contribution in [3.8, 4) is 0 Å². The molecule has 0 saturated carbocycles. The van der Waals surface area contributed by atoms with Gasteiger partial charge in [0.1, 0.15) is 0 Å². The predicted molar refractivity (Wildman–Crippen MR) is 93.7 cm³/mol. The third-order valence-corrected chi connectivity index (χ3v) is 7.55. The standard InChI is InChI=1S/C16H29N3O5S/c1-16(2,3)25(23,24)19-9-6-13(7-10-19)17-15(22)18-8-4-5-12(11-18)14(20)21/h12-13H,4-11H2,1-3H3,(H,17,22)(H,20,21). The first kappa shape index (κ1) is 20.0. The predicted octanol–water partition coefficient (Wildman–Crippen LogP) is 1.09. The van der Waals surface area contributed by atoms with Gasteiger partial charge in [0.25, 0.3) is 0 Å². The number of amides is 2. The number of hydrogen-bond donors (Lipinski definition) is 2. The Morgan fingerprint density at radius 3 is 2.20 bits per heavy atom. The van der Waals surface area contributed by atoms with Gasteiger partial charge in [0, 0.05) is 32.2 Å². The van der Waals surface area contributed by atoms with Gasteiger partial charge in [-0.1, -0.05) is 0 Å². The average Bonchev–Trinajstić information content (AvgIpc) is 2.54. The van der Waals surface area contributed by atoms with E-state index in [1.165, 1.54) is 4.31 Å². The summed E-state index contributed by atoms with van der Waals surface area (Å²) in [6, 6.07) is -0.327. The minimum Gasteiger partial charge on any atom is -0.481 e. The monoisotopic (exact) mass is 375 g/mol. The van der Waals surface area contributed by atoms with Gasteiger partial charge < -0.3 is 15.3 Å². The molecule has 1 unspecified atom stereocenters. The number of hydrogen-bond acceptors (Lipinski definition) is 4. The van der Waals surface area contributed by atoms with Gasteiger partial charge >= 0.3 is 12.0 Å². The SMILES string of the molecule is CC(C)(C)S(=O)(=O)N1CCC(NC(=O)N2CCCC(C(=O)O)C2)CC1. The van der Waals surface area contributed by atoms with Crippen molar-refractivity contribution >= 4 is 22.0 Å². The summed E-state index contributed by atoms with van der Waals surface area (Å²) in [5, 5.41) is 12.0. The summed E-state index contributed by atoms with van der Waals surface area (Å²) < 4.78 is 25.6. The molecule has 0 aliphatic carbocycles. The van der Waals surface area contributed by atoms with E-state index in [0.717, 1.165) is 0 Å². The van der Waals surface area contributed by atoms with Crippen LogP contribution in [0.2, 0.25) is 0 Å². The van der Waals surface area contributed by atoms with Gasteiger partial charge in [0.05, 0.1) is 10.7 Å². The molecule has 2 fully saturated rings. The lowest BCUT2D eigenvalue weighted by molar-refractivity contribution is -0.143. The highest BCUT2D eigenvalue weighted by Gasteiger charge is 2.37. The van der Waals surface area contributed by atoms with Crippen LogP contribution in [-0.4, -0.2) is 71.7 Å². The smallest absolute Gasteiger partial charge is 0.317 e. The number of urea groups is 1. The van der Waals surface area contributed by atoms with Crippen LogP contribution in [0.25, 0.3) is 0 Å². The van der Waals surface area contributed by atoms with Crippen LogP contribution in [0.15, 0.2) is 0 Å². The van der Waals surface area contributed by atoms with Crippen LogP contribution >= 0.6 is 0 Å². The van der Waals surface area contributed by atoms with Gasteiger partial charge in [-0.25, -0.2) is 17.5 Å². The quantitative estimate of drug-likeness (QED) is 0.768. The fourth-order valence-corrected chi connectivity index (χ4v) is 4.72. The molecule has 25 heavy (non-hydrogen) atoms. The Kier molecular flexibility index (Phi) is 5.98. The van der Waals surface area contributed by atoms with E-state index in [1.54, 1.807) is 25.7 Å². The zero-order valence-electron chi connectivity index (χ0n) is 15.2. The van der Waals surface area contributed by atoms with Crippen molar-refractivity contribution in [2.45, 2.75) is 57.2 Å². The van der Waals surface area contributed by atoms with Crippen molar-refractivity contribution < 1.29 is 23.1 Å². The van der Waals surface area contributed by atoms with Crippen molar-refractivity contribution in [1.29, 1.82) is 0 Å². The molecule has 2 heterocycles. The number of rotatable bonds is 3. The van der Waals surface area contributed by atoms with E-state index in [0.29, 0.717) is 45.3 Å². The van der Waals surface area contributed by atoms with Crippen LogP contribution in [0.1, 0.15) is 46.5 Å². The van der Waals surface area contributed by atoms with E-state index in [-0.39, 0.29) is 18.6 Å². The Morgan fingerprint density at radius 1 is 1.08 bits per heavy atom. The summed E-state index contributed by atoms with van der Waals surface area (Å²) in [6.45, 7) is 6.64. The van der Waals surface area contributed by atoms with Crippen LogP contribution in [0.5, 0.6) is 0 Å². The lowest BCUT2D eigenvalue weighted by Crippen LogP contribution is -2.54. The Morgan fingerprint density at radius 2 is 1.68 bits per heavy atom. The van der Waals surface area contributed by atoms with Crippen molar-refractivity contribution in [2.75, 3.05) is 26.2 Å². The molecular formula is C16H29N3O5S. The van der Waals surface area contributed by atoms with Gasteiger partial charge in [0.15, 0.2) is 0 Å². The third kappa shape index (κ3) is 4.63. The first-order chi connectivity index (χ1) is 11.5. The van der Waals surface area contributed by atoms with Crippen molar-refractivity contribution in [2.24, 2.45) is 5.92 Å². The number of nitrogens with one attached hydrogen (secondary N) is 1. The first-order valence-electron chi connectivity index (χ1n) is 8.80. The van der Waals surface area contributed by atoms with E-state index in [1.807, 2.05) is 0 Å². The molecule has 0 spiro atoms. The number of aliphatic carboxylic acids is 1. The summed E-state index contributed by atoms with van der Waals surface area (Å²) in [6.07, 6.45) is 2.42. The number of likely N-dealkylation sites (tertiary alicyclic amines) is 1. The minimum atomic E-state index is -3.34. The van der Waals surface area contributed by atoms with Crippen molar-refractivity contribution in [3.63, 3.8) is 0 Å². The number of carboxylic acids is 1. The average molecular weight is 375 g/mol. The van der Waals surface area contributed by atoms with E-state index in [4.69, 9.17) is 5.11 Å². The Balaban J connectivity index is 1.86. The summed E-state index contributed by atoms with van der Waals surface area (Å²) in [5.41, 5.74) is 0. The van der Waals surface area contributed by atoms with E-state index < -0.39 is 26.7 Å². The number of sulfonamides is 1. The molecule has 2 N–H and O–H groups in total. The maximum Gasteiger partial charge on any atom is 0.317 e. The first-order valence-corrected chi connectivity index (χ1v) is 10.2. The van der Waals surface area contributed by atoms with E-state index in [2.05, 4.69) is 5.32 Å². The lowest BCUT2D eigenvalue weighted by atomic mass is 9.98. The van der Waals surface area contributed by atoms with Gasteiger partial charge in [-0.05, 0) is 46.5 Å². The summed E-state index contributed by atoms with van der Waals surface area (Å²) >= 11 is 0. The molecule has 2 aliphatic heterocycles. The van der Waals surface area contributed by atoms with E-state index >= 15 is 0 Å². The number of nitrogens with zero attached hydrogens (tertiary/aromatic N) is 2. The molecule has 2 amide bonds. The van der Waals surface area contributed by atoms with Crippen molar-refractivity contribution in [1.82, 2.24) is 14.5 Å². The zero-order chi connectivity index (χ0) is 18.8. The summed E-state index contributed by atoms with van der Waals surface area (Å²) in [5.74, 6) is -1.36. The highest BCUT2D eigenvalue weighted by Crippen LogP contribution is 2.24. The van der Waals surface area contributed by atoms with Gasteiger partial charge in [-0.15, -0.1) is 0 Å². The normalized spacial score (nSPS) is 24.1.